The largest absolute Gasteiger partial charge is 0.423 e. The van der Waals surface area contributed by atoms with Crippen LogP contribution in [0.3, 0.4) is 0 Å². The zero-order valence-corrected chi connectivity index (χ0v) is 19.1. The fourth-order valence-corrected chi connectivity index (χ4v) is 5.54. The summed E-state index contributed by atoms with van der Waals surface area (Å²) >= 11 is 3.25. The molecule has 0 spiro atoms. The van der Waals surface area contributed by atoms with Crippen LogP contribution >= 0.6 is 23.1 Å². The van der Waals surface area contributed by atoms with Crippen molar-refractivity contribution >= 4 is 34.1 Å². The molecule has 1 fully saturated rings. The van der Waals surface area contributed by atoms with Crippen molar-refractivity contribution < 1.29 is 9.15 Å². The van der Waals surface area contributed by atoms with E-state index in [9.17, 15) is 4.79 Å². The number of fused-ring (bicyclic) bond motifs is 1. The first-order chi connectivity index (χ1) is 15.1. The van der Waals surface area contributed by atoms with Crippen molar-refractivity contribution in [3.05, 3.63) is 62.8 Å². The van der Waals surface area contributed by atoms with Crippen LogP contribution in [-0.2, 0) is 17.0 Å². The van der Waals surface area contributed by atoms with E-state index in [2.05, 4.69) is 33.8 Å². The summed E-state index contributed by atoms with van der Waals surface area (Å²) in [6.07, 6.45) is 2.33. The Morgan fingerprint density at radius 2 is 2.10 bits per heavy atom. The lowest BCUT2D eigenvalue weighted by atomic mass is 10.0. The molecule has 31 heavy (non-hydrogen) atoms. The first-order valence-corrected chi connectivity index (χ1v) is 12.2. The van der Waals surface area contributed by atoms with Crippen LogP contribution in [0.4, 0.5) is 0 Å². The summed E-state index contributed by atoms with van der Waals surface area (Å²) < 4.78 is 13.5. The third-order valence-electron chi connectivity index (χ3n) is 5.67. The van der Waals surface area contributed by atoms with Gasteiger partial charge in [0, 0.05) is 23.8 Å². The lowest BCUT2D eigenvalue weighted by Crippen LogP contribution is -2.16. The quantitative estimate of drug-likeness (QED) is 0.295. The molecule has 4 heterocycles. The highest BCUT2D eigenvalue weighted by atomic mass is 32.2. The molecule has 1 aliphatic rings. The van der Waals surface area contributed by atoms with Crippen LogP contribution in [0.15, 0.2) is 50.1 Å². The number of hydrogen-bond donors (Lipinski definition) is 0. The molecule has 0 aliphatic carbocycles. The van der Waals surface area contributed by atoms with Gasteiger partial charge in [0.2, 0.25) is 0 Å². The second-order valence-electron chi connectivity index (χ2n) is 7.84. The van der Waals surface area contributed by atoms with Crippen LogP contribution in [-0.4, -0.2) is 27.5 Å². The van der Waals surface area contributed by atoms with Crippen molar-refractivity contribution in [2.75, 3.05) is 6.61 Å². The summed E-state index contributed by atoms with van der Waals surface area (Å²) in [6.45, 7) is 5.64. The lowest BCUT2D eigenvalue weighted by molar-refractivity contribution is 0.0953. The maximum atomic E-state index is 12.1. The van der Waals surface area contributed by atoms with Gasteiger partial charge in [-0.2, -0.15) is 0 Å². The van der Waals surface area contributed by atoms with Crippen molar-refractivity contribution in [3.63, 3.8) is 0 Å². The Morgan fingerprint density at radius 3 is 2.87 bits per heavy atom. The van der Waals surface area contributed by atoms with Gasteiger partial charge >= 0.3 is 5.63 Å². The SMILES string of the molecule is Cc1cc2oc(=O)cc(CSc3nnc(-c4cccs4)n3CC3CCCO3)c2cc1C. The Labute approximate surface area is 188 Å². The van der Waals surface area contributed by atoms with Gasteiger partial charge in [0.25, 0.3) is 0 Å². The van der Waals surface area contributed by atoms with Crippen LogP contribution in [0.2, 0.25) is 0 Å². The second kappa shape index (κ2) is 8.61. The highest BCUT2D eigenvalue weighted by molar-refractivity contribution is 7.98. The molecule has 0 N–H and O–H groups in total. The molecular weight excluding hydrogens is 430 g/mol. The van der Waals surface area contributed by atoms with E-state index in [4.69, 9.17) is 9.15 Å². The topological polar surface area (TPSA) is 70.2 Å². The number of ether oxygens (including phenoxy) is 1. The zero-order valence-electron chi connectivity index (χ0n) is 17.5. The first-order valence-electron chi connectivity index (χ1n) is 10.3. The van der Waals surface area contributed by atoms with E-state index in [1.165, 1.54) is 5.56 Å². The van der Waals surface area contributed by atoms with Gasteiger partial charge in [-0.1, -0.05) is 17.8 Å². The zero-order chi connectivity index (χ0) is 21.4. The Morgan fingerprint density at radius 1 is 1.23 bits per heavy atom. The van der Waals surface area contributed by atoms with E-state index in [0.29, 0.717) is 11.3 Å². The molecule has 8 heteroatoms. The molecule has 0 bridgehead atoms. The summed E-state index contributed by atoms with van der Waals surface area (Å²) in [4.78, 5) is 13.2. The Bertz CT molecular complexity index is 1270. The monoisotopic (exact) mass is 453 g/mol. The summed E-state index contributed by atoms with van der Waals surface area (Å²) in [5.74, 6) is 1.48. The van der Waals surface area contributed by atoms with Crippen molar-refractivity contribution in [1.82, 2.24) is 14.8 Å². The van der Waals surface area contributed by atoms with Gasteiger partial charge in [-0.3, -0.25) is 4.57 Å². The highest BCUT2D eigenvalue weighted by Gasteiger charge is 2.22. The van der Waals surface area contributed by atoms with Gasteiger partial charge < -0.3 is 9.15 Å². The predicted molar refractivity (Wildman–Crippen MR) is 124 cm³/mol. The van der Waals surface area contributed by atoms with E-state index in [1.807, 2.05) is 24.4 Å². The van der Waals surface area contributed by atoms with E-state index in [0.717, 1.165) is 58.4 Å². The van der Waals surface area contributed by atoms with Crippen LogP contribution < -0.4 is 5.63 Å². The number of benzene rings is 1. The molecule has 0 saturated carbocycles. The van der Waals surface area contributed by atoms with Gasteiger partial charge in [-0.25, -0.2) is 4.79 Å². The molecule has 0 amide bonds. The normalized spacial score (nSPS) is 16.4. The average molecular weight is 454 g/mol. The third kappa shape index (κ3) is 4.20. The van der Waals surface area contributed by atoms with E-state index in [-0.39, 0.29) is 11.7 Å². The molecule has 1 atom stereocenters. The minimum absolute atomic E-state index is 0.185. The smallest absolute Gasteiger partial charge is 0.336 e. The molecule has 1 unspecified atom stereocenters. The maximum absolute atomic E-state index is 12.1. The molecule has 5 rings (SSSR count). The summed E-state index contributed by atoms with van der Waals surface area (Å²) in [7, 11) is 0. The molecule has 4 aromatic rings. The van der Waals surface area contributed by atoms with Gasteiger partial charge in [0.15, 0.2) is 11.0 Å². The van der Waals surface area contributed by atoms with Gasteiger partial charge in [-0.05, 0) is 67.0 Å². The van der Waals surface area contributed by atoms with Gasteiger partial charge in [-0.15, -0.1) is 21.5 Å². The third-order valence-corrected chi connectivity index (χ3v) is 7.55. The molecule has 1 aliphatic heterocycles. The number of thiophene rings is 1. The first kappa shape index (κ1) is 20.5. The van der Waals surface area contributed by atoms with E-state index < -0.39 is 0 Å². The van der Waals surface area contributed by atoms with Gasteiger partial charge in [0.1, 0.15) is 5.58 Å². The summed E-state index contributed by atoms with van der Waals surface area (Å²) in [5.41, 5.74) is 3.54. The minimum Gasteiger partial charge on any atom is -0.423 e. The Kier molecular flexibility index (Phi) is 5.69. The molecule has 1 saturated heterocycles. The molecular formula is C23H23N3O3S2. The lowest BCUT2D eigenvalue weighted by Gasteiger charge is -2.14. The fraction of sp³-hybridized carbons (Fsp3) is 0.348. The van der Waals surface area contributed by atoms with Crippen LogP contribution in [0.1, 0.15) is 29.5 Å². The molecule has 160 valence electrons. The van der Waals surface area contributed by atoms with Gasteiger partial charge in [0.05, 0.1) is 17.5 Å². The number of hydrogen-bond acceptors (Lipinski definition) is 7. The Hall–Kier alpha value is -2.42. The number of aryl methyl sites for hydroxylation is 2. The number of thioether (sulfide) groups is 1. The van der Waals surface area contributed by atoms with E-state index >= 15 is 0 Å². The van der Waals surface area contributed by atoms with Crippen molar-refractivity contribution in [3.8, 4) is 10.7 Å². The highest BCUT2D eigenvalue weighted by Crippen LogP contribution is 2.32. The van der Waals surface area contributed by atoms with Crippen molar-refractivity contribution in [2.45, 2.75) is 50.2 Å². The molecule has 0 radical (unpaired) electrons. The second-order valence-corrected chi connectivity index (χ2v) is 9.73. The number of nitrogens with zero attached hydrogens (tertiary/aromatic N) is 3. The summed E-state index contributed by atoms with van der Waals surface area (Å²) in [6, 6.07) is 9.71. The fourth-order valence-electron chi connectivity index (χ4n) is 3.88. The number of rotatable bonds is 6. The predicted octanol–water partition coefficient (Wildman–Crippen LogP) is 5.20. The Balaban J connectivity index is 1.48. The molecule has 3 aromatic heterocycles. The van der Waals surface area contributed by atoms with Crippen molar-refractivity contribution in [2.24, 2.45) is 0 Å². The molecule has 6 nitrogen and oxygen atoms in total. The van der Waals surface area contributed by atoms with Crippen molar-refractivity contribution in [1.29, 1.82) is 0 Å². The van der Waals surface area contributed by atoms with E-state index in [1.54, 1.807) is 29.2 Å². The van der Waals surface area contributed by atoms with Crippen LogP contribution in [0.25, 0.3) is 21.7 Å². The number of aromatic nitrogens is 3. The standard InChI is InChI=1S/C23H23N3O3S2/c1-14-9-18-16(11-21(27)29-19(18)10-15(14)2)13-31-23-25-24-22(20-6-4-8-30-20)26(23)12-17-5-3-7-28-17/h4,6,8-11,17H,3,5,7,12-13H2,1-2H3. The summed E-state index contributed by atoms with van der Waals surface area (Å²) in [5, 5.41) is 12.8. The maximum Gasteiger partial charge on any atom is 0.336 e. The van der Waals surface area contributed by atoms with Crippen LogP contribution in [0, 0.1) is 13.8 Å². The van der Waals surface area contributed by atoms with Crippen LogP contribution in [0.5, 0.6) is 0 Å². The average Bonchev–Trinajstić information content (AvgIpc) is 3.50. The minimum atomic E-state index is -0.327. The molecule has 1 aromatic carbocycles.